The Balaban J connectivity index is 2.35. The Bertz CT molecular complexity index is 344. The highest BCUT2D eigenvalue weighted by Gasteiger charge is 2.17. The molecule has 1 aromatic rings. The number of aryl methyl sites for hydroxylation is 1. The van der Waals surface area contributed by atoms with Crippen LogP contribution >= 0.6 is 0 Å². The van der Waals surface area contributed by atoms with E-state index >= 15 is 0 Å². The van der Waals surface area contributed by atoms with E-state index < -0.39 is 0 Å². The molecule has 14 heavy (non-hydrogen) atoms. The molecule has 0 atom stereocenters. The zero-order valence-electron chi connectivity index (χ0n) is 8.59. The number of hydrogen-bond acceptors (Lipinski definition) is 1. The number of hydrogen-bond donors (Lipinski definition) is 1. The zero-order valence-corrected chi connectivity index (χ0v) is 8.59. The number of anilines is 1. The molecule has 2 heteroatoms. The van der Waals surface area contributed by atoms with Crippen molar-refractivity contribution in [3.63, 3.8) is 0 Å². The summed E-state index contributed by atoms with van der Waals surface area (Å²) in [6, 6.07) is 8.43. The van der Waals surface area contributed by atoms with E-state index in [9.17, 15) is 0 Å². The molecule has 74 valence electrons. The molecule has 0 aromatic heterocycles. The van der Waals surface area contributed by atoms with Gasteiger partial charge in [-0.1, -0.05) is 25.1 Å². The lowest BCUT2D eigenvalue weighted by Gasteiger charge is -2.31. The minimum atomic E-state index is 0.733. The van der Waals surface area contributed by atoms with Crippen LogP contribution in [0.15, 0.2) is 24.3 Å². The minimum Gasteiger partial charge on any atom is -0.330 e. The van der Waals surface area contributed by atoms with E-state index in [1.165, 1.54) is 17.7 Å². The summed E-state index contributed by atoms with van der Waals surface area (Å²) in [5.74, 6) is 0.733. The molecule has 0 radical (unpaired) electrons. The first-order valence-electron chi connectivity index (χ1n) is 5.26. The number of benzene rings is 1. The smallest absolute Gasteiger partial charge is 0.0999 e. The predicted molar refractivity (Wildman–Crippen MR) is 60.1 cm³/mol. The van der Waals surface area contributed by atoms with Crippen molar-refractivity contribution in [1.82, 2.24) is 0 Å². The van der Waals surface area contributed by atoms with Crippen molar-refractivity contribution in [3.05, 3.63) is 29.8 Å². The van der Waals surface area contributed by atoms with E-state index in [0.29, 0.717) is 0 Å². The van der Waals surface area contributed by atoms with Gasteiger partial charge in [0.1, 0.15) is 0 Å². The number of amidine groups is 1. The molecule has 2 rings (SSSR count). The molecule has 0 saturated heterocycles. The molecule has 0 aliphatic carbocycles. The molecule has 1 heterocycles. The van der Waals surface area contributed by atoms with Crippen molar-refractivity contribution in [2.45, 2.75) is 26.2 Å². The van der Waals surface area contributed by atoms with Crippen LogP contribution in [-0.2, 0) is 6.42 Å². The molecule has 1 aliphatic heterocycles. The fourth-order valence-corrected chi connectivity index (χ4v) is 2.00. The average Bonchev–Trinajstić information content (AvgIpc) is 2.27. The van der Waals surface area contributed by atoms with E-state index in [1.54, 1.807) is 0 Å². The molecular formula is C12H16N2. The third kappa shape index (κ3) is 1.52. The summed E-state index contributed by atoms with van der Waals surface area (Å²) in [4.78, 5) is 2.14. The van der Waals surface area contributed by atoms with E-state index in [-0.39, 0.29) is 0 Å². The van der Waals surface area contributed by atoms with Crippen LogP contribution < -0.4 is 4.90 Å². The molecule has 0 unspecified atom stereocenters. The summed E-state index contributed by atoms with van der Waals surface area (Å²) in [5, 5.41) is 7.89. The second kappa shape index (κ2) is 3.82. The van der Waals surface area contributed by atoms with Crippen molar-refractivity contribution in [1.29, 1.82) is 5.41 Å². The highest BCUT2D eigenvalue weighted by Crippen LogP contribution is 2.26. The van der Waals surface area contributed by atoms with Gasteiger partial charge in [0, 0.05) is 18.7 Å². The molecule has 1 N–H and O–H groups in total. The quantitative estimate of drug-likeness (QED) is 0.532. The van der Waals surface area contributed by atoms with Crippen LogP contribution in [0.1, 0.15) is 25.3 Å². The van der Waals surface area contributed by atoms with E-state index in [4.69, 9.17) is 5.41 Å². The van der Waals surface area contributed by atoms with Gasteiger partial charge in [0.05, 0.1) is 5.84 Å². The molecule has 1 aromatic carbocycles. The van der Waals surface area contributed by atoms with E-state index in [2.05, 4.69) is 29.2 Å². The monoisotopic (exact) mass is 188 g/mol. The Morgan fingerprint density at radius 1 is 1.43 bits per heavy atom. The van der Waals surface area contributed by atoms with Crippen molar-refractivity contribution < 1.29 is 0 Å². The maximum atomic E-state index is 7.89. The van der Waals surface area contributed by atoms with Gasteiger partial charge >= 0.3 is 0 Å². The highest BCUT2D eigenvalue weighted by molar-refractivity contribution is 5.96. The molecular weight excluding hydrogens is 172 g/mol. The summed E-state index contributed by atoms with van der Waals surface area (Å²) in [6.07, 6.45) is 3.14. The molecule has 2 nitrogen and oxygen atoms in total. The topological polar surface area (TPSA) is 27.1 Å². The maximum absolute atomic E-state index is 7.89. The predicted octanol–water partition coefficient (Wildman–Crippen LogP) is 2.83. The van der Waals surface area contributed by atoms with Gasteiger partial charge < -0.3 is 4.90 Å². The SMILES string of the molecule is CCC(=N)N1CCCc2ccccc21. The summed E-state index contributed by atoms with van der Waals surface area (Å²) >= 11 is 0. The van der Waals surface area contributed by atoms with Gasteiger partial charge in [0.25, 0.3) is 0 Å². The average molecular weight is 188 g/mol. The highest BCUT2D eigenvalue weighted by atomic mass is 15.2. The second-order valence-electron chi connectivity index (χ2n) is 3.68. The van der Waals surface area contributed by atoms with Gasteiger partial charge in [-0.2, -0.15) is 0 Å². The Hall–Kier alpha value is -1.31. The van der Waals surface area contributed by atoms with Gasteiger partial charge in [-0.15, -0.1) is 0 Å². The fourth-order valence-electron chi connectivity index (χ4n) is 2.00. The minimum absolute atomic E-state index is 0.733. The van der Waals surface area contributed by atoms with Crippen LogP contribution in [0.2, 0.25) is 0 Å². The fraction of sp³-hybridized carbons (Fsp3) is 0.417. The first kappa shape index (κ1) is 9.25. The lowest BCUT2D eigenvalue weighted by molar-refractivity contribution is 0.770. The molecule has 0 amide bonds. The van der Waals surface area contributed by atoms with Crippen molar-refractivity contribution >= 4 is 11.5 Å². The lowest BCUT2D eigenvalue weighted by atomic mass is 10.0. The van der Waals surface area contributed by atoms with Gasteiger partial charge in [0.15, 0.2) is 0 Å². The Morgan fingerprint density at radius 2 is 2.21 bits per heavy atom. The first-order chi connectivity index (χ1) is 6.83. The summed E-state index contributed by atoms with van der Waals surface area (Å²) in [7, 11) is 0. The molecule has 0 spiro atoms. The van der Waals surface area contributed by atoms with Crippen LogP contribution in [0.25, 0.3) is 0 Å². The van der Waals surface area contributed by atoms with Gasteiger partial charge in [-0.05, 0) is 24.5 Å². The number of para-hydroxylation sites is 1. The lowest BCUT2D eigenvalue weighted by Crippen LogP contribution is -2.34. The van der Waals surface area contributed by atoms with E-state index in [0.717, 1.165) is 25.2 Å². The Morgan fingerprint density at radius 3 is 3.00 bits per heavy atom. The van der Waals surface area contributed by atoms with Crippen molar-refractivity contribution in [3.8, 4) is 0 Å². The normalized spacial score (nSPS) is 15.1. The third-order valence-electron chi connectivity index (χ3n) is 2.77. The summed E-state index contributed by atoms with van der Waals surface area (Å²) < 4.78 is 0. The van der Waals surface area contributed by atoms with E-state index in [1.807, 2.05) is 6.92 Å². The standard InChI is InChI=1S/C12H16N2/c1-2-12(13)14-9-5-7-10-6-3-4-8-11(10)14/h3-4,6,8,13H,2,5,7,9H2,1H3. The van der Waals surface area contributed by atoms with Gasteiger partial charge in [0.2, 0.25) is 0 Å². The maximum Gasteiger partial charge on any atom is 0.0999 e. The molecule has 1 aliphatic rings. The van der Waals surface area contributed by atoms with Crippen LogP contribution in [0.3, 0.4) is 0 Å². The molecule has 0 saturated carbocycles. The van der Waals surface area contributed by atoms with Crippen LogP contribution in [0.5, 0.6) is 0 Å². The Kier molecular flexibility index (Phi) is 2.53. The van der Waals surface area contributed by atoms with Crippen LogP contribution in [0, 0.1) is 5.41 Å². The molecule has 0 bridgehead atoms. The number of fused-ring (bicyclic) bond motifs is 1. The summed E-state index contributed by atoms with van der Waals surface area (Å²) in [5.41, 5.74) is 2.63. The molecule has 0 fully saturated rings. The Labute approximate surface area is 85.1 Å². The zero-order chi connectivity index (χ0) is 9.97. The van der Waals surface area contributed by atoms with Crippen LogP contribution in [0.4, 0.5) is 5.69 Å². The number of rotatable bonds is 1. The number of nitrogens with zero attached hydrogens (tertiary/aromatic N) is 1. The first-order valence-corrected chi connectivity index (χ1v) is 5.26. The van der Waals surface area contributed by atoms with Crippen molar-refractivity contribution in [2.75, 3.05) is 11.4 Å². The van der Waals surface area contributed by atoms with Crippen LogP contribution in [-0.4, -0.2) is 12.4 Å². The summed E-state index contributed by atoms with van der Waals surface area (Å²) in [6.45, 7) is 3.04. The second-order valence-corrected chi connectivity index (χ2v) is 3.68. The van der Waals surface area contributed by atoms with Gasteiger partial charge in [-0.3, -0.25) is 5.41 Å². The number of nitrogens with one attached hydrogen (secondary N) is 1. The van der Waals surface area contributed by atoms with Crippen molar-refractivity contribution in [2.24, 2.45) is 0 Å². The third-order valence-corrected chi connectivity index (χ3v) is 2.77. The van der Waals surface area contributed by atoms with Gasteiger partial charge in [-0.25, -0.2) is 0 Å². The largest absolute Gasteiger partial charge is 0.330 e.